The number of carbonyl (C=O) groups excluding carboxylic acids is 1. The lowest BCUT2D eigenvalue weighted by molar-refractivity contribution is 0.0621. The van der Waals surface area contributed by atoms with Crippen LogP contribution in [0.15, 0.2) is 0 Å². The quantitative estimate of drug-likeness (QED) is 0.620. The zero-order valence-corrected chi connectivity index (χ0v) is 8.36. The summed E-state index contributed by atoms with van der Waals surface area (Å²) in [6.45, 7) is 7.94. The zero-order chi connectivity index (χ0) is 8.36. The van der Waals surface area contributed by atoms with Crippen LogP contribution in [-0.4, -0.2) is 11.0 Å². The summed E-state index contributed by atoms with van der Waals surface area (Å²) in [7, 11) is 0. The molecule has 0 aromatic rings. The van der Waals surface area contributed by atoms with Crippen LogP contribution < -0.4 is 0 Å². The molecule has 0 aliphatic rings. The molecule has 2 nitrogen and oxygen atoms in total. The van der Waals surface area contributed by atoms with Gasteiger partial charge in [-0.15, -0.1) is 0 Å². The Labute approximate surface area is 70.1 Å². The molecule has 1 unspecified atom stereocenters. The van der Waals surface area contributed by atoms with Crippen LogP contribution in [0.3, 0.4) is 0 Å². The standard InChI is InChI=1S/C7H13BrO2/c1-5(7(2,3)4)10-6(8)9/h5H,1-4H3. The molecule has 0 rings (SSSR count). The fourth-order valence-electron chi connectivity index (χ4n) is 0.316. The van der Waals surface area contributed by atoms with Crippen LogP contribution in [0.25, 0.3) is 0 Å². The molecule has 0 radical (unpaired) electrons. The first kappa shape index (κ1) is 9.95. The highest BCUT2D eigenvalue weighted by atomic mass is 79.9. The summed E-state index contributed by atoms with van der Waals surface area (Å²) < 4.78 is 4.89. The first-order valence-electron chi connectivity index (χ1n) is 3.20. The highest BCUT2D eigenvalue weighted by Crippen LogP contribution is 2.22. The van der Waals surface area contributed by atoms with Gasteiger partial charge in [0, 0.05) is 15.9 Å². The molecule has 0 aliphatic heterocycles. The van der Waals surface area contributed by atoms with Crippen LogP contribution in [-0.2, 0) is 4.74 Å². The van der Waals surface area contributed by atoms with Crippen molar-refractivity contribution in [1.82, 2.24) is 0 Å². The maximum Gasteiger partial charge on any atom is 0.374 e. The van der Waals surface area contributed by atoms with Gasteiger partial charge in [0.25, 0.3) is 0 Å². The van der Waals surface area contributed by atoms with Crippen molar-refractivity contribution in [3.63, 3.8) is 0 Å². The molecule has 60 valence electrons. The lowest BCUT2D eigenvalue weighted by atomic mass is 9.90. The van der Waals surface area contributed by atoms with E-state index in [2.05, 4.69) is 15.9 Å². The first-order valence-corrected chi connectivity index (χ1v) is 3.99. The summed E-state index contributed by atoms with van der Waals surface area (Å²) >= 11 is 2.71. The van der Waals surface area contributed by atoms with Crippen LogP contribution in [0.1, 0.15) is 27.7 Å². The van der Waals surface area contributed by atoms with E-state index in [0.29, 0.717) is 0 Å². The largest absolute Gasteiger partial charge is 0.454 e. The normalized spacial score (nSPS) is 14.5. The minimum Gasteiger partial charge on any atom is -0.454 e. The van der Waals surface area contributed by atoms with E-state index in [0.717, 1.165) is 0 Å². The third-order valence-electron chi connectivity index (χ3n) is 1.49. The van der Waals surface area contributed by atoms with Crippen molar-refractivity contribution in [3.05, 3.63) is 0 Å². The third-order valence-corrected chi connectivity index (χ3v) is 1.68. The van der Waals surface area contributed by atoms with Crippen LogP contribution in [0, 0.1) is 5.41 Å². The lowest BCUT2D eigenvalue weighted by Gasteiger charge is -2.25. The van der Waals surface area contributed by atoms with E-state index in [1.54, 1.807) is 0 Å². The predicted octanol–water partition coefficient (Wildman–Crippen LogP) is 2.95. The Balaban J connectivity index is 3.85. The van der Waals surface area contributed by atoms with Gasteiger partial charge in [0.1, 0.15) is 6.10 Å². The van der Waals surface area contributed by atoms with Gasteiger partial charge < -0.3 is 4.74 Å². The molecule has 0 heterocycles. The Kier molecular flexibility index (Phi) is 3.36. The predicted molar refractivity (Wildman–Crippen MR) is 44.3 cm³/mol. The van der Waals surface area contributed by atoms with Gasteiger partial charge in [-0.05, 0) is 12.3 Å². The van der Waals surface area contributed by atoms with Gasteiger partial charge in [-0.25, -0.2) is 4.79 Å². The minimum atomic E-state index is -0.394. The Bertz CT molecular complexity index is 126. The molecule has 0 fully saturated rings. The Morgan fingerprint density at radius 1 is 1.50 bits per heavy atom. The van der Waals surface area contributed by atoms with Gasteiger partial charge in [-0.3, -0.25) is 0 Å². The average Bonchev–Trinajstić information content (AvgIpc) is 1.60. The number of carbonyl (C=O) groups is 1. The molecule has 0 aromatic carbocycles. The summed E-state index contributed by atoms with van der Waals surface area (Å²) in [5, 5.41) is 0. The van der Waals surface area contributed by atoms with Crippen LogP contribution in [0.4, 0.5) is 4.79 Å². The van der Waals surface area contributed by atoms with Crippen molar-refractivity contribution in [2.45, 2.75) is 33.8 Å². The van der Waals surface area contributed by atoms with Gasteiger partial charge in [-0.2, -0.15) is 0 Å². The zero-order valence-electron chi connectivity index (χ0n) is 6.77. The Hall–Kier alpha value is -0.0500. The van der Waals surface area contributed by atoms with Crippen molar-refractivity contribution in [1.29, 1.82) is 0 Å². The van der Waals surface area contributed by atoms with Crippen molar-refractivity contribution in [3.8, 4) is 0 Å². The van der Waals surface area contributed by atoms with Crippen molar-refractivity contribution >= 4 is 20.8 Å². The summed E-state index contributed by atoms with van der Waals surface area (Å²) in [6, 6.07) is 0. The van der Waals surface area contributed by atoms with Gasteiger partial charge in [0.15, 0.2) is 0 Å². The Morgan fingerprint density at radius 2 is 1.90 bits per heavy atom. The molecule has 1 atom stereocenters. The van der Waals surface area contributed by atoms with E-state index in [1.165, 1.54) is 0 Å². The first-order chi connectivity index (χ1) is 4.34. The van der Waals surface area contributed by atoms with E-state index in [4.69, 9.17) is 4.74 Å². The molecular weight excluding hydrogens is 196 g/mol. The molecule has 0 N–H and O–H groups in total. The van der Waals surface area contributed by atoms with Crippen LogP contribution in [0.2, 0.25) is 0 Å². The SMILES string of the molecule is CC(OC(=O)Br)C(C)(C)C. The maximum absolute atomic E-state index is 10.4. The number of rotatable bonds is 1. The van der Waals surface area contributed by atoms with E-state index in [1.807, 2.05) is 27.7 Å². The summed E-state index contributed by atoms with van der Waals surface area (Å²) in [5.41, 5.74) is 0.0173. The molecular formula is C7H13BrO2. The molecule has 0 saturated carbocycles. The Morgan fingerprint density at radius 3 is 2.00 bits per heavy atom. The van der Waals surface area contributed by atoms with Crippen molar-refractivity contribution < 1.29 is 9.53 Å². The van der Waals surface area contributed by atoms with Gasteiger partial charge in [0.05, 0.1) is 0 Å². The smallest absolute Gasteiger partial charge is 0.374 e. The van der Waals surface area contributed by atoms with Gasteiger partial charge >= 0.3 is 4.88 Å². The molecule has 0 saturated heterocycles. The van der Waals surface area contributed by atoms with E-state index in [9.17, 15) is 4.79 Å². The summed E-state index contributed by atoms with van der Waals surface area (Å²) in [6.07, 6.45) is -0.0561. The van der Waals surface area contributed by atoms with E-state index < -0.39 is 4.88 Å². The summed E-state index contributed by atoms with van der Waals surface area (Å²) in [4.78, 5) is 10.0. The number of halogens is 1. The van der Waals surface area contributed by atoms with Crippen molar-refractivity contribution in [2.24, 2.45) is 5.41 Å². The van der Waals surface area contributed by atoms with Crippen LogP contribution >= 0.6 is 15.9 Å². The number of hydrogen-bond donors (Lipinski definition) is 0. The molecule has 0 amide bonds. The third kappa shape index (κ3) is 3.88. The topological polar surface area (TPSA) is 26.3 Å². The molecule has 0 aromatic heterocycles. The van der Waals surface area contributed by atoms with Crippen LogP contribution in [0.5, 0.6) is 0 Å². The number of ether oxygens (including phenoxy) is 1. The molecule has 3 heteroatoms. The number of hydrogen-bond acceptors (Lipinski definition) is 2. The minimum absolute atomic E-state index is 0.0173. The highest BCUT2D eigenvalue weighted by Gasteiger charge is 2.22. The van der Waals surface area contributed by atoms with Gasteiger partial charge in [0.2, 0.25) is 0 Å². The summed E-state index contributed by atoms with van der Waals surface area (Å²) in [5.74, 6) is 0. The second kappa shape index (κ2) is 3.37. The second-order valence-electron chi connectivity index (χ2n) is 3.36. The molecule has 10 heavy (non-hydrogen) atoms. The average molecular weight is 209 g/mol. The van der Waals surface area contributed by atoms with Gasteiger partial charge in [-0.1, -0.05) is 20.8 Å². The second-order valence-corrected chi connectivity index (χ2v) is 4.01. The van der Waals surface area contributed by atoms with E-state index in [-0.39, 0.29) is 11.5 Å². The molecule has 0 spiro atoms. The fraction of sp³-hybridized carbons (Fsp3) is 0.857. The molecule has 0 bridgehead atoms. The highest BCUT2D eigenvalue weighted by molar-refractivity contribution is 9.18. The van der Waals surface area contributed by atoms with Crippen molar-refractivity contribution in [2.75, 3.05) is 0 Å². The van der Waals surface area contributed by atoms with E-state index >= 15 is 0 Å². The maximum atomic E-state index is 10.4. The molecule has 0 aliphatic carbocycles. The monoisotopic (exact) mass is 208 g/mol. The lowest BCUT2D eigenvalue weighted by Crippen LogP contribution is -2.26. The fourth-order valence-corrected chi connectivity index (χ4v) is 0.596.